The lowest BCUT2D eigenvalue weighted by Gasteiger charge is -2.45. The molecule has 2 rings (SSSR count). The molecule has 0 bridgehead atoms. The van der Waals surface area contributed by atoms with E-state index in [1.165, 1.54) is 45.1 Å². The van der Waals surface area contributed by atoms with Crippen molar-refractivity contribution in [1.82, 2.24) is 4.90 Å². The molecule has 76 valence electrons. The van der Waals surface area contributed by atoms with E-state index in [4.69, 9.17) is 4.74 Å². The van der Waals surface area contributed by atoms with Gasteiger partial charge in [0.2, 0.25) is 0 Å². The summed E-state index contributed by atoms with van der Waals surface area (Å²) < 4.78 is 5.66. The zero-order chi connectivity index (χ0) is 9.31. The first-order valence-electron chi connectivity index (χ1n) is 5.54. The lowest BCUT2D eigenvalue weighted by molar-refractivity contribution is -0.0520. The number of hydrogen-bond donors (Lipinski definition) is 0. The van der Waals surface area contributed by atoms with Gasteiger partial charge < -0.3 is 4.74 Å². The first-order valence-corrected chi connectivity index (χ1v) is 5.54. The fourth-order valence-electron chi connectivity index (χ4n) is 3.29. The molecule has 2 unspecified atom stereocenters. The molecule has 1 saturated heterocycles. The van der Waals surface area contributed by atoms with Crippen molar-refractivity contribution >= 4 is 0 Å². The maximum atomic E-state index is 5.66. The molecule has 1 saturated carbocycles. The van der Waals surface area contributed by atoms with Crippen molar-refractivity contribution in [3.63, 3.8) is 0 Å². The third-order valence-electron chi connectivity index (χ3n) is 4.07. The number of methoxy groups -OCH3 is 1. The minimum atomic E-state index is 0.410. The molecule has 0 amide bonds. The van der Waals surface area contributed by atoms with Crippen molar-refractivity contribution in [1.29, 1.82) is 0 Å². The Morgan fingerprint density at radius 2 is 2.00 bits per heavy atom. The molecule has 0 N–H and O–H groups in total. The summed E-state index contributed by atoms with van der Waals surface area (Å²) in [6.45, 7) is 1.26. The van der Waals surface area contributed by atoms with Crippen LogP contribution in [0.25, 0.3) is 0 Å². The first kappa shape index (κ1) is 9.47. The summed E-state index contributed by atoms with van der Waals surface area (Å²) in [4.78, 5) is 2.54. The molecule has 0 aromatic rings. The fourth-order valence-corrected chi connectivity index (χ4v) is 3.29. The Hall–Kier alpha value is -0.0800. The molecule has 2 atom stereocenters. The Kier molecular flexibility index (Phi) is 2.61. The van der Waals surface area contributed by atoms with Gasteiger partial charge in [-0.25, -0.2) is 0 Å². The predicted molar refractivity (Wildman–Crippen MR) is 53.9 cm³/mol. The van der Waals surface area contributed by atoms with Crippen LogP contribution in [-0.4, -0.2) is 37.2 Å². The summed E-state index contributed by atoms with van der Waals surface area (Å²) in [5.41, 5.74) is 0.410. The monoisotopic (exact) mass is 183 g/mol. The van der Waals surface area contributed by atoms with E-state index in [-0.39, 0.29) is 0 Å². The van der Waals surface area contributed by atoms with Crippen molar-refractivity contribution in [2.45, 2.75) is 50.2 Å². The fraction of sp³-hybridized carbons (Fsp3) is 1.00. The van der Waals surface area contributed by atoms with Gasteiger partial charge in [0, 0.05) is 12.6 Å². The normalized spacial score (nSPS) is 41.5. The molecule has 0 radical (unpaired) electrons. The van der Waals surface area contributed by atoms with Gasteiger partial charge in [-0.3, -0.25) is 4.90 Å². The lowest BCUT2D eigenvalue weighted by atomic mass is 9.77. The average Bonchev–Trinajstić information content (AvgIpc) is 2.50. The second-order valence-electron chi connectivity index (χ2n) is 4.60. The topological polar surface area (TPSA) is 12.5 Å². The van der Waals surface area contributed by atoms with Gasteiger partial charge in [0.25, 0.3) is 0 Å². The van der Waals surface area contributed by atoms with Gasteiger partial charge in [0.15, 0.2) is 0 Å². The summed E-state index contributed by atoms with van der Waals surface area (Å²) in [5.74, 6) is 0. The highest BCUT2D eigenvalue weighted by atomic mass is 16.5. The number of hydrogen-bond acceptors (Lipinski definition) is 2. The van der Waals surface area contributed by atoms with E-state index >= 15 is 0 Å². The van der Waals surface area contributed by atoms with Gasteiger partial charge in [-0.15, -0.1) is 0 Å². The van der Waals surface area contributed by atoms with Gasteiger partial charge in [0.05, 0.1) is 6.10 Å². The number of nitrogens with zero attached hydrogens (tertiary/aromatic N) is 1. The highest BCUT2D eigenvalue weighted by Crippen LogP contribution is 2.41. The lowest BCUT2D eigenvalue weighted by Crippen LogP contribution is -2.53. The second-order valence-corrected chi connectivity index (χ2v) is 4.60. The maximum absolute atomic E-state index is 5.66. The van der Waals surface area contributed by atoms with Gasteiger partial charge >= 0.3 is 0 Å². The highest BCUT2D eigenvalue weighted by Gasteiger charge is 2.46. The van der Waals surface area contributed by atoms with Crippen LogP contribution >= 0.6 is 0 Å². The van der Waals surface area contributed by atoms with Gasteiger partial charge in [-0.05, 0) is 39.3 Å². The molecule has 1 heterocycles. The standard InChI is InChI=1S/C11H21NO/c1-12-9-5-8-11(12)7-4-3-6-10(11)13-2/h10H,3-9H2,1-2H3. The van der Waals surface area contributed by atoms with Crippen LogP contribution in [0.4, 0.5) is 0 Å². The Balaban J connectivity index is 2.15. The van der Waals surface area contributed by atoms with Crippen molar-refractivity contribution < 1.29 is 4.74 Å². The van der Waals surface area contributed by atoms with Crippen LogP contribution in [0.15, 0.2) is 0 Å². The van der Waals surface area contributed by atoms with Crippen LogP contribution < -0.4 is 0 Å². The summed E-state index contributed by atoms with van der Waals surface area (Å²) in [7, 11) is 4.15. The third-order valence-corrected chi connectivity index (χ3v) is 4.07. The van der Waals surface area contributed by atoms with E-state index in [9.17, 15) is 0 Å². The van der Waals surface area contributed by atoms with Crippen molar-refractivity contribution in [2.75, 3.05) is 20.7 Å². The SMILES string of the molecule is COC1CCCCC12CCCN2C. The van der Waals surface area contributed by atoms with E-state index < -0.39 is 0 Å². The third kappa shape index (κ3) is 1.40. The van der Waals surface area contributed by atoms with Crippen molar-refractivity contribution in [3.8, 4) is 0 Å². The zero-order valence-corrected chi connectivity index (χ0v) is 8.88. The molecule has 2 fully saturated rings. The smallest absolute Gasteiger partial charge is 0.0754 e. The average molecular weight is 183 g/mol. The molecule has 2 heteroatoms. The van der Waals surface area contributed by atoms with Crippen molar-refractivity contribution in [3.05, 3.63) is 0 Å². The minimum Gasteiger partial charge on any atom is -0.380 e. The summed E-state index contributed by atoms with van der Waals surface area (Å²) >= 11 is 0. The highest BCUT2D eigenvalue weighted by molar-refractivity contribution is 5.02. The number of rotatable bonds is 1. The van der Waals surface area contributed by atoms with Crippen LogP contribution in [0, 0.1) is 0 Å². The van der Waals surface area contributed by atoms with Gasteiger partial charge in [-0.1, -0.05) is 12.8 Å². The van der Waals surface area contributed by atoms with E-state index in [0.717, 1.165) is 0 Å². The second kappa shape index (κ2) is 3.58. The summed E-state index contributed by atoms with van der Waals surface area (Å²) in [5, 5.41) is 0. The summed E-state index contributed by atoms with van der Waals surface area (Å²) in [6.07, 6.45) is 8.56. The molecule has 1 aliphatic heterocycles. The van der Waals surface area contributed by atoms with E-state index in [1.807, 2.05) is 7.11 Å². The molecule has 2 nitrogen and oxygen atoms in total. The minimum absolute atomic E-state index is 0.410. The molecular formula is C11H21NO. The van der Waals surface area contributed by atoms with E-state index in [1.54, 1.807) is 0 Å². The Morgan fingerprint density at radius 1 is 1.23 bits per heavy atom. The predicted octanol–water partition coefficient (Wildman–Crippen LogP) is 2.04. The van der Waals surface area contributed by atoms with Gasteiger partial charge in [-0.2, -0.15) is 0 Å². The Bertz CT molecular complexity index is 183. The van der Waals surface area contributed by atoms with Gasteiger partial charge in [0.1, 0.15) is 0 Å². The summed E-state index contributed by atoms with van der Waals surface area (Å²) in [6, 6.07) is 0. The number of ether oxygens (including phenoxy) is 1. The first-order chi connectivity index (χ1) is 6.29. The maximum Gasteiger partial charge on any atom is 0.0754 e. The van der Waals surface area contributed by atoms with Crippen LogP contribution in [-0.2, 0) is 4.74 Å². The Labute approximate surface area is 81.3 Å². The van der Waals surface area contributed by atoms with E-state index in [2.05, 4.69) is 11.9 Å². The van der Waals surface area contributed by atoms with Crippen LogP contribution in [0.1, 0.15) is 38.5 Å². The molecule has 2 aliphatic rings. The molecule has 1 spiro atoms. The molecular weight excluding hydrogens is 162 g/mol. The van der Waals surface area contributed by atoms with Crippen LogP contribution in [0.3, 0.4) is 0 Å². The molecule has 13 heavy (non-hydrogen) atoms. The van der Waals surface area contributed by atoms with Crippen molar-refractivity contribution in [2.24, 2.45) is 0 Å². The molecule has 1 aliphatic carbocycles. The molecule has 0 aromatic carbocycles. The van der Waals surface area contributed by atoms with Crippen LogP contribution in [0.5, 0.6) is 0 Å². The Morgan fingerprint density at radius 3 is 2.62 bits per heavy atom. The van der Waals surface area contributed by atoms with Crippen LogP contribution in [0.2, 0.25) is 0 Å². The largest absolute Gasteiger partial charge is 0.380 e. The number of likely N-dealkylation sites (tertiary alicyclic amines) is 1. The van der Waals surface area contributed by atoms with E-state index in [0.29, 0.717) is 11.6 Å². The molecule has 0 aromatic heterocycles. The number of likely N-dealkylation sites (N-methyl/N-ethyl adjacent to an activating group) is 1. The quantitative estimate of drug-likeness (QED) is 0.617. The zero-order valence-electron chi connectivity index (χ0n) is 8.88.